The number of halogens is 1. The molecular formula is C22H21FN2O5. The number of amides is 3. The lowest BCUT2D eigenvalue weighted by molar-refractivity contribution is -0.146. The first-order chi connectivity index (χ1) is 14.3. The Balaban J connectivity index is 1.53. The van der Waals surface area contributed by atoms with Crippen LogP contribution in [0.2, 0.25) is 0 Å². The molecule has 0 unspecified atom stereocenters. The molecule has 1 N–H and O–H groups in total. The number of Topliss-reactive ketones (excluding diaryl/α,β-unsaturated/α-hetero) is 1. The van der Waals surface area contributed by atoms with E-state index in [0.29, 0.717) is 12.8 Å². The fourth-order valence-corrected chi connectivity index (χ4v) is 3.14. The highest BCUT2D eigenvalue weighted by atomic mass is 19.1. The Morgan fingerprint density at radius 3 is 2.40 bits per heavy atom. The minimum Gasteiger partial charge on any atom is -0.456 e. The van der Waals surface area contributed by atoms with Crippen LogP contribution in [0.5, 0.6) is 0 Å². The normalized spacial score (nSPS) is 18.3. The number of esters is 1. The van der Waals surface area contributed by atoms with Gasteiger partial charge in [0.2, 0.25) is 0 Å². The van der Waals surface area contributed by atoms with Gasteiger partial charge >= 0.3 is 12.0 Å². The number of imide groups is 1. The molecule has 8 heteroatoms. The molecule has 0 spiro atoms. The summed E-state index contributed by atoms with van der Waals surface area (Å²) in [6.07, 6.45) is 0.948. The molecule has 0 aliphatic carbocycles. The molecule has 3 rings (SSSR count). The summed E-state index contributed by atoms with van der Waals surface area (Å²) in [5, 5.41) is 2.63. The number of nitrogens with one attached hydrogen (secondary N) is 1. The number of rotatable bonds is 8. The Morgan fingerprint density at radius 1 is 1.07 bits per heavy atom. The molecular weight excluding hydrogens is 391 g/mol. The number of aryl methyl sites for hydroxylation is 1. The summed E-state index contributed by atoms with van der Waals surface area (Å²) in [4.78, 5) is 49.8. The number of carbonyl (C=O) groups excluding carboxylic acids is 4. The van der Waals surface area contributed by atoms with Gasteiger partial charge in [-0.1, -0.05) is 30.3 Å². The standard InChI is InChI=1S/C22H21FN2O5/c1-22(12-11-15-5-3-2-4-6-15)20(28)25(21(29)24-22)13-19(27)30-14-18(26)16-7-9-17(23)10-8-16/h2-10H,11-14H2,1H3,(H,24,29)/t22-/m1/s1. The summed E-state index contributed by atoms with van der Waals surface area (Å²) in [7, 11) is 0. The Kier molecular flexibility index (Phi) is 6.25. The molecule has 0 saturated carbocycles. The number of ketones is 1. The van der Waals surface area contributed by atoms with Crippen molar-refractivity contribution in [3.63, 3.8) is 0 Å². The molecule has 1 saturated heterocycles. The van der Waals surface area contributed by atoms with Crippen molar-refractivity contribution < 1.29 is 28.3 Å². The van der Waals surface area contributed by atoms with E-state index in [-0.39, 0.29) is 5.56 Å². The van der Waals surface area contributed by atoms with E-state index < -0.39 is 48.2 Å². The van der Waals surface area contributed by atoms with Crippen molar-refractivity contribution >= 4 is 23.7 Å². The minimum atomic E-state index is -1.13. The number of hydrogen-bond donors (Lipinski definition) is 1. The van der Waals surface area contributed by atoms with Crippen LogP contribution < -0.4 is 5.32 Å². The van der Waals surface area contributed by atoms with Crippen LogP contribution in [0.4, 0.5) is 9.18 Å². The molecule has 156 valence electrons. The molecule has 0 bridgehead atoms. The van der Waals surface area contributed by atoms with E-state index in [1.165, 1.54) is 12.1 Å². The summed E-state index contributed by atoms with van der Waals surface area (Å²) in [5.41, 5.74) is 0.0857. The van der Waals surface area contributed by atoms with E-state index in [1.807, 2.05) is 30.3 Å². The molecule has 0 radical (unpaired) electrons. The fraction of sp³-hybridized carbons (Fsp3) is 0.273. The number of carbonyl (C=O) groups is 4. The second-order valence-corrected chi connectivity index (χ2v) is 7.23. The van der Waals surface area contributed by atoms with Crippen molar-refractivity contribution in [2.45, 2.75) is 25.3 Å². The van der Waals surface area contributed by atoms with Gasteiger partial charge in [0.25, 0.3) is 5.91 Å². The van der Waals surface area contributed by atoms with E-state index in [4.69, 9.17) is 4.74 Å². The molecule has 1 fully saturated rings. The molecule has 2 aromatic carbocycles. The van der Waals surface area contributed by atoms with E-state index in [1.54, 1.807) is 6.92 Å². The third-order valence-corrected chi connectivity index (χ3v) is 4.92. The first-order valence-corrected chi connectivity index (χ1v) is 9.41. The van der Waals surface area contributed by atoms with Crippen LogP contribution in [0.3, 0.4) is 0 Å². The van der Waals surface area contributed by atoms with Crippen molar-refractivity contribution in [3.05, 3.63) is 71.5 Å². The zero-order chi connectivity index (χ0) is 21.7. The largest absolute Gasteiger partial charge is 0.456 e. The summed E-state index contributed by atoms with van der Waals surface area (Å²) in [6, 6.07) is 13.7. The van der Waals surface area contributed by atoms with E-state index in [9.17, 15) is 23.6 Å². The van der Waals surface area contributed by atoms with Gasteiger partial charge in [0.15, 0.2) is 12.4 Å². The van der Waals surface area contributed by atoms with Gasteiger partial charge in [0.05, 0.1) is 0 Å². The molecule has 7 nitrogen and oxygen atoms in total. The lowest BCUT2D eigenvalue weighted by Gasteiger charge is -2.21. The fourth-order valence-electron chi connectivity index (χ4n) is 3.14. The summed E-state index contributed by atoms with van der Waals surface area (Å²) in [5.74, 6) is -2.42. The molecule has 1 heterocycles. The van der Waals surface area contributed by atoms with Crippen molar-refractivity contribution in [1.82, 2.24) is 10.2 Å². The zero-order valence-electron chi connectivity index (χ0n) is 16.4. The summed E-state index contributed by atoms with van der Waals surface area (Å²) < 4.78 is 17.8. The van der Waals surface area contributed by atoms with Crippen LogP contribution in [0.15, 0.2) is 54.6 Å². The maximum Gasteiger partial charge on any atom is 0.326 e. The van der Waals surface area contributed by atoms with Gasteiger partial charge in [-0.3, -0.25) is 19.3 Å². The Labute approximate surface area is 172 Å². The van der Waals surface area contributed by atoms with Crippen molar-refractivity contribution in [2.24, 2.45) is 0 Å². The van der Waals surface area contributed by atoms with Crippen molar-refractivity contribution in [2.75, 3.05) is 13.2 Å². The first kappa shape index (κ1) is 21.2. The first-order valence-electron chi connectivity index (χ1n) is 9.41. The minimum absolute atomic E-state index is 0.188. The Hall–Kier alpha value is -3.55. The van der Waals surface area contributed by atoms with Crippen LogP contribution in [0.1, 0.15) is 29.3 Å². The monoisotopic (exact) mass is 412 g/mol. The number of urea groups is 1. The summed E-state index contributed by atoms with van der Waals surface area (Å²) in [6.45, 7) is 0.446. The molecule has 30 heavy (non-hydrogen) atoms. The average Bonchev–Trinajstić information content (AvgIpc) is 2.95. The van der Waals surface area contributed by atoms with Gasteiger partial charge in [-0.15, -0.1) is 0 Å². The van der Waals surface area contributed by atoms with Crippen molar-refractivity contribution in [3.8, 4) is 0 Å². The van der Waals surface area contributed by atoms with Crippen LogP contribution >= 0.6 is 0 Å². The Morgan fingerprint density at radius 2 is 1.73 bits per heavy atom. The number of ether oxygens (including phenoxy) is 1. The highest BCUT2D eigenvalue weighted by molar-refractivity contribution is 6.08. The highest BCUT2D eigenvalue weighted by Crippen LogP contribution is 2.23. The summed E-state index contributed by atoms with van der Waals surface area (Å²) >= 11 is 0. The second kappa shape index (κ2) is 8.86. The molecule has 3 amide bonds. The van der Waals surface area contributed by atoms with E-state index >= 15 is 0 Å². The van der Waals surface area contributed by atoms with Crippen LogP contribution in [0, 0.1) is 5.82 Å². The smallest absolute Gasteiger partial charge is 0.326 e. The maximum atomic E-state index is 12.9. The topological polar surface area (TPSA) is 92.8 Å². The van der Waals surface area contributed by atoms with Crippen LogP contribution in [-0.2, 0) is 20.7 Å². The molecule has 0 aromatic heterocycles. The molecule has 2 aromatic rings. The van der Waals surface area contributed by atoms with Crippen molar-refractivity contribution in [1.29, 1.82) is 0 Å². The Bertz CT molecular complexity index is 961. The molecule has 1 atom stereocenters. The lowest BCUT2D eigenvalue weighted by atomic mass is 9.93. The van der Waals surface area contributed by atoms with Gasteiger partial charge in [-0.2, -0.15) is 0 Å². The highest BCUT2D eigenvalue weighted by Gasteiger charge is 2.48. The van der Waals surface area contributed by atoms with E-state index in [0.717, 1.165) is 22.6 Å². The van der Waals surface area contributed by atoms with Crippen LogP contribution in [-0.4, -0.2) is 47.3 Å². The maximum absolute atomic E-state index is 12.9. The predicted molar refractivity (Wildman–Crippen MR) is 105 cm³/mol. The lowest BCUT2D eigenvalue weighted by Crippen LogP contribution is -2.44. The predicted octanol–water partition coefficient (Wildman–Crippen LogP) is 2.49. The van der Waals surface area contributed by atoms with Gasteiger partial charge < -0.3 is 10.1 Å². The molecule has 1 aliphatic heterocycles. The van der Waals surface area contributed by atoms with Gasteiger partial charge in [0.1, 0.15) is 17.9 Å². The van der Waals surface area contributed by atoms with Gasteiger partial charge in [-0.25, -0.2) is 9.18 Å². The zero-order valence-corrected chi connectivity index (χ0v) is 16.4. The SMILES string of the molecule is C[C@]1(CCc2ccccc2)NC(=O)N(CC(=O)OCC(=O)c2ccc(F)cc2)C1=O. The number of benzene rings is 2. The van der Waals surface area contributed by atoms with Crippen LogP contribution in [0.25, 0.3) is 0 Å². The van der Waals surface area contributed by atoms with E-state index in [2.05, 4.69) is 5.32 Å². The number of nitrogens with zero attached hydrogens (tertiary/aromatic N) is 1. The molecule has 1 aliphatic rings. The average molecular weight is 412 g/mol. The third-order valence-electron chi connectivity index (χ3n) is 4.92. The quantitative estimate of drug-likeness (QED) is 0.409. The third kappa shape index (κ3) is 4.89. The van der Waals surface area contributed by atoms with Gasteiger partial charge in [-0.05, 0) is 49.6 Å². The van der Waals surface area contributed by atoms with Gasteiger partial charge in [0, 0.05) is 5.56 Å². The second-order valence-electron chi connectivity index (χ2n) is 7.23. The number of hydrogen-bond acceptors (Lipinski definition) is 5.